The van der Waals surface area contributed by atoms with Crippen molar-refractivity contribution in [2.45, 2.75) is 13.5 Å². The Morgan fingerprint density at radius 3 is 2.48 bits per heavy atom. The quantitative estimate of drug-likeness (QED) is 0.150. The van der Waals surface area contributed by atoms with Gasteiger partial charge in [-0.3, -0.25) is 14.9 Å². The molecule has 0 aromatic heterocycles. The van der Waals surface area contributed by atoms with Gasteiger partial charge in [-0.05, 0) is 74.2 Å². The number of rotatable bonds is 7. The van der Waals surface area contributed by atoms with Crippen molar-refractivity contribution in [1.29, 1.82) is 5.26 Å². The minimum atomic E-state index is -0.751. The Morgan fingerprint density at radius 1 is 1.15 bits per heavy atom. The molecule has 0 radical (unpaired) electrons. The molecule has 3 aromatic rings. The molecule has 1 amide bonds. The molecule has 0 saturated carbocycles. The van der Waals surface area contributed by atoms with Gasteiger partial charge in [-0.15, -0.1) is 0 Å². The number of nitro groups is 1. The van der Waals surface area contributed by atoms with Gasteiger partial charge in [0.25, 0.3) is 11.6 Å². The number of hydrogen-bond acceptors (Lipinski definition) is 5. The predicted molar refractivity (Wildman–Crippen MR) is 133 cm³/mol. The van der Waals surface area contributed by atoms with E-state index in [0.29, 0.717) is 26.9 Å². The summed E-state index contributed by atoms with van der Waals surface area (Å²) in [6.07, 6.45) is 1.39. The van der Waals surface area contributed by atoms with Crippen LogP contribution < -0.4 is 10.1 Å². The fourth-order valence-electron chi connectivity index (χ4n) is 3.00. The summed E-state index contributed by atoms with van der Waals surface area (Å²) in [5.74, 6) is -0.171. The van der Waals surface area contributed by atoms with E-state index in [0.717, 1.165) is 11.1 Å². The van der Waals surface area contributed by atoms with Gasteiger partial charge in [0.15, 0.2) is 0 Å². The molecular weight excluding hydrogens is 554 g/mol. The summed E-state index contributed by atoms with van der Waals surface area (Å²) in [6.45, 7) is 2.38. The van der Waals surface area contributed by atoms with Gasteiger partial charge in [-0.25, -0.2) is 0 Å². The van der Waals surface area contributed by atoms with Crippen LogP contribution in [0.1, 0.15) is 16.7 Å². The van der Waals surface area contributed by atoms with Gasteiger partial charge in [0.2, 0.25) is 0 Å². The van der Waals surface area contributed by atoms with E-state index in [1.165, 1.54) is 24.3 Å². The zero-order valence-corrected chi connectivity index (χ0v) is 20.5. The number of ether oxygens (including phenoxy) is 1. The van der Waals surface area contributed by atoms with Gasteiger partial charge in [0, 0.05) is 6.07 Å². The number of nitrogens with one attached hydrogen (secondary N) is 1. The molecule has 0 spiro atoms. The minimum Gasteiger partial charge on any atom is -0.487 e. The Hall–Kier alpha value is -3.48. The van der Waals surface area contributed by atoms with Gasteiger partial charge in [0.1, 0.15) is 29.7 Å². The summed E-state index contributed by atoms with van der Waals surface area (Å²) in [6, 6.07) is 19.0. The molecule has 0 aliphatic rings. The van der Waals surface area contributed by atoms with E-state index in [1.54, 1.807) is 18.2 Å². The number of nitriles is 1. The van der Waals surface area contributed by atoms with Crippen molar-refractivity contribution in [1.82, 2.24) is 0 Å². The number of nitro benzene ring substituents is 1. The van der Waals surface area contributed by atoms with E-state index < -0.39 is 10.8 Å². The van der Waals surface area contributed by atoms with Gasteiger partial charge in [-0.2, -0.15) is 5.26 Å². The fourth-order valence-corrected chi connectivity index (χ4v) is 4.45. The van der Waals surface area contributed by atoms with Crippen LogP contribution in [0.25, 0.3) is 6.08 Å². The van der Waals surface area contributed by atoms with E-state index in [1.807, 2.05) is 37.3 Å². The largest absolute Gasteiger partial charge is 0.487 e. The standard InChI is InChI=1S/C24H17Br2N3O4/c1-15-5-4-6-16(9-15)14-33-23-19(25)11-17(12-20(23)26)10-18(13-27)24(30)28-21-7-2-3-8-22(21)29(31)32/h2-12H,14H2,1H3,(H,28,30)/b18-10-. The molecule has 1 N–H and O–H groups in total. The molecule has 7 nitrogen and oxygen atoms in total. The third-order valence-corrected chi connectivity index (χ3v) is 5.69. The van der Waals surface area contributed by atoms with Crippen molar-refractivity contribution in [2.24, 2.45) is 0 Å². The van der Waals surface area contributed by atoms with Crippen molar-refractivity contribution >= 4 is 55.2 Å². The van der Waals surface area contributed by atoms with Crippen LogP contribution in [0.5, 0.6) is 5.75 Å². The number of halogens is 2. The average Bonchev–Trinajstić information content (AvgIpc) is 2.77. The number of anilines is 1. The first-order valence-corrected chi connectivity index (χ1v) is 11.2. The first-order chi connectivity index (χ1) is 15.8. The van der Waals surface area contributed by atoms with E-state index in [-0.39, 0.29) is 16.9 Å². The molecular formula is C24H17Br2N3O4. The topological polar surface area (TPSA) is 105 Å². The smallest absolute Gasteiger partial charge is 0.292 e. The van der Waals surface area contributed by atoms with Crippen molar-refractivity contribution in [3.05, 3.63) is 102 Å². The van der Waals surface area contributed by atoms with Crippen LogP contribution in [-0.4, -0.2) is 10.8 Å². The summed E-state index contributed by atoms with van der Waals surface area (Å²) in [5.41, 5.74) is 2.26. The number of carbonyl (C=O) groups excluding carboxylic acids is 1. The Morgan fingerprint density at radius 2 is 1.85 bits per heavy atom. The SMILES string of the molecule is Cc1cccc(COc2c(Br)cc(/C=C(/C#N)C(=O)Nc3ccccc3[N+](=O)[O-])cc2Br)c1. The van der Waals surface area contributed by atoms with Crippen molar-refractivity contribution in [3.63, 3.8) is 0 Å². The Kier molecular flexibility index (Phi) is 7.98. The van der Waals surface area contributed by atoms with Gasteiger partial charge >= 0.3 is 0 Å². The summed E-state index contributed by atoms with van der Waals surface area (Å²) in [5, 5.41) is 23.1. The molecule has 9 heteroatoms. The fraction of sp³-hybridized carbons (Fsp3) is 0.0833. The third-order valence-electron chi connectivity index (χ3n) is 4.51. The highest BCUT2D eigenvalue weighted by atomic mass is 79.9. The molecule has 0 unspecified atom stereocenters. The van der Waals surface area contributed by atoms with Crippen molar-refractivity contribution in [3.8, 4) is 11.8 Å². The lowest BCUT2D eigenvalue weighted by atomic mass is 10.1. The van der Waals surface area contributed by atoms with Crippen LogP contribution in [0, 0.1) is 28.4 Å². The van der Waals surface area contributed by atoms with E-state index >= 15 is 0 Å². The third kappa shape index (κ3) is 6.28. The number of hydrogen-bond donors (Lipinski definition) is 1. The number of aryl methyl sites for hydroxylation is 1. The molecule has 0 aliphatic heterocycles. The molecule has 0 bridgehead atoms. The second kappa shape index (κ2) is 10.9. The number of para-hydroxylation sites is 2. The highest BCUT2D eigenvalue weighted by molar-refractivity contribution is 9.11. The summed E-state index contributed by atoms with van der Waals surface area (Å²) in [7, 11) is 0. The molecule has 0 heterocycles. The second-order valence-corrected chi connectivity index (χ2v) is 8.70. The Labute approximate surface area is 207 Å². The lowest BCUT2D eigenvalue weighted by Crippen LogP contribution is -2.14. The van der Waals surface area contributed by atoms with Crippen molar-refractivity contribution in [2.75, 3.05) is 5.32 Å². The first kappa shape index (κ1) is 24.2. The minimum absolute atomic E-state index is 0.0101. The second-order valence-electron chi connectivity index (χ2n) is 6.99. The highest BCUT2D eigenvalue weighted by Gasteiger charge is 2.18. The van der Waals surface area contributed by atoms with Crippen molar-refractivity contribution < 1.29 is 14.5 Å². The zero-order valence-electron chi connectivity index (χ0n) is 17.3. The number of carbonyl (C=O) groups is 1. The van der Waals surface area contributed by atoms with Crippen LogP contribution in [0.2, 0.25) is 0 Å². The zero-order chi connectivity index (χ0) is 24.0. The van der Waals surface area contributed by atoms with E-state index in [9.17, 15) is 20.2 Å². The molecule has 166 valence electrons. The van der Waals surface area contributed by atoms with E-state index in [4.69, 9.17) is 4.74 Å². The van der Waals surface area contributed by atoms with Crippen LogP contribution in [-0.2, 0) is 11.4 Å². The summed E-state index contributed by atoms with van der Waals surface area (Å²) in [4.78, 5) is 23.1. The predicted octanol–water partition coefficient (Wildman–Crippen LogP) is 6.55. The summed E-state index contributed by atoms with van der Waals surface area (Å²) >= 11 is 6.94. The molecule has 3 rings (SSSR count). The molecule has 33 heavy (non-hydrogen) atoms. The maximum Gasteiger partial charge on any atom is 0.292 e. The summed E-state index contributed by atoms with van der Waals surface area (Å²) < 4.78 is 7.20. The number of amides is 1. The van der Waals surface area contributed by atoms with Crippen LogP contribution >= 0.6 is 31.9 Å². The molecule has 3 aromatic carbocycles. The van der Waals surface area contributed by atoms with Crippen LogP contribution in [0.3, 0.4) is 0 Å². The molecule has 0 saturated heterocycles. The maximum absolute atomic E-state index is 12.6. The van der Waals surface area contributed by atoms with Crippen LogP contribution in [0.4, 0.5) is 11.4 Å². The lowest BCUT2D eigenvalue weighted by molar-refractivity contribution is -0.383. The van der Waals surface area contributed by atoms with Gasteiger partial charge in [-0.1, -0.05) is 42.0 Å². The number of nitrogens with zero attached hydrogens (tertiary/aromatic N) is 2. The Bertz CT molecular complexity index is 1280. The number of benzene rings is 3. The maximum atomic E-state index is 12.6. The Balaban J connectivity index is 1.80. The average molecular weight is 571 g/mol. The molecule has 0 atom stereocenters. The normalized spacial score (nSPS) is 10.9. The molecule has 0 fully saturated rings. The lowest BCUT2D eigenvalue weighted by Gasteiger charge is -2.12. The highest BCUT2D eigenvalue weighted by Crippen LogP contribution is 2.36. The van der Waals surface area contributed by atoms with Gasteiger partial charge in [0.05, 0.1) is 13.9 Å². The monoisotopic (exact) mass is 569 g/mol. The van der Waals surface area contributed by atoms with E-state index in [2.05, 4.69) is 37.2 Å². The van der Waals surface area contributed by atoms with Gasteiger partial charge < -0.3 is 10.1 Å². The van der Waals surface area contributed by atoms with Crippen LogP contribution in [0.15, 0.2) is 75.2 Å². The first-order valence-electron chi connectivity index (χ1n) is 9.62. The molecule has 0 aliphatic carbocycles.